The molecule has 2 aromatic carbocycles. The van der Waals surface area contributed by atoms with Crippen LogP contribution in [0.5, 0.6) is 0 Å². The van der Waals surface area contributed by atoms with E-state index in [1.807, 2.05) is 12.1 Å². The first-order chi connectivity index (χ1) is 17.7. The first-order valence-corrected chi connectivity index (χ1v) is 13.7. The number of aromatic carboxylic acids is 1. The number of ether oxygens (including phenoxy) is 1. The minimum atomic E-state index is -0.923. The largest absolute Gasteiger partial charge is 0.478 e. The molecule has 3 aromatic rings. The van der Waals surface area contributed by atoms with Gasteiger partial charge in [0.25, 0.3) is 0 Å². The molecule has 198 valence electrons. The number of carboxylic acid groups (broad SMARTS) is 1. The smallest absolute Gasteiger partial charge is 0.335 e. The summed E-state index contributed by atoms with van der Waals surface area (Å²) in [6.07, 6.45) is 3.17. The molecule has 37 heavy (non-hydrogen) atoms. The van der Waals surface area contributed by atoms with Crippen LogP contribution in [0.4, 0.5) is 0 Å². The molecule has 3 rings (SSSR count). The second-order valence-corrected chi connectivity index (χ2v) is 11.8. The third-order valence-corrected chi connectivity index (χ3v) is 7.80. The maximum absolute atomic E-state index is 11.3. The van der Waals surface area contributed by atoms with E-state index in [4.69, 9.17) is 4.74 Å². The van der Waals surface area contributed by atoms with Gasteiger partial charge in [-0.25, -0.2) is 4.79 Å². The Balaban J connectivity index is 1.79. The summed E-state index contributed by atoms with van der Waals surface area (Å²) in [5.74, 6) is -0.923. The number of carbonyl (C=O) groups excluding carboxylic acids is 1. The summed E-state index contributed by atoms with van der Waals surface area (Å²) in [5.41, 5.74) is 3.79. The van der Waals surface area contributed by atoms with Crippen molar-refractivity contribution in [3.8, 4) is 0 Å². The van der Waals surface area contributed by atoms with Crippen molar-refractivity contribution in [2.24, 2.45) is 0 Å². The molecule has 0 fully saturated rings. The second kappa shape index (κ2) is 13.7. The quantitative estimate of drug-likeness (QED) is 0.180. The van der Waals surface area contributed by atoms with Crippen LogP contribution in [0, 0.1) is 6.92 Å². The van der Waals surface area contributed by atoms with Crippen molar-refractivity contribution in [1.82, 2.24) is 4.90 Å². The number of carbonyl (C=O) groups is 2. The molecule has 0 aliphatic heterocycles. The predicted octanol–water partition coefficient (Wildman–Crippen LogP) is 7.18. The minimum Gasteiger partial charge on any atom is -0.478 e. The fourth-order valence-corrected chi connectivity index (χ4v) is 5.20. The molecule has 1 heterocycles. The van der Waals surface area contributed by atoms with Crippen LogP contribution < -0.4 is 0 Å². The van der Waals surface area contributed by atoms with Gasteiger partial charge < -0.3 is 14.6 Å². The Morgan fingerprint density at radius 3 is 2.46 bits per heavy atom. The summed E-state index contributed by atoms with van der Waals surface area (Å²) in [6, 6.07) is 19.9. The molecule has 0 saturated carbocycles. The van der Waals surface area contributed by atoms with Crippen LogP contribution in [-0.2, 0) is 28.1 Å². The summed E-state index contributed by atoms with van der Waals surface area (Å²) in [6.45, 7) is 11.5. The summed E-state index contributed by atoms with van der Waals surface area (Å²) in [7, 11) is 0. The molecule has 1 N–H and O–H groups in total. The van der Waals surface area contributed by atoms with Crippen molar-refractivity contribution >= 4 is 23.6 Å². The Labute approximate surface area is 225 Å². The van der Waals surface area contributed by atoms with Gasteiger partial charge in [-0.3, -0.25) is 4.90 Å². The molecule has 6 heteroatoms. The normalized spacial score (nSPS) is 12.6. The van der Waals surface area contributed by atoms with E-state index in [1.165, 1.54) is 15.3 Å². The van der Waals surface area contributed by atoms with Gasteiger partial charge in [0, 0.05) is 29.3 Å². The second-order valence-electron chi connectivity index (χ2n) is 10.6. The van der Waals surface area contributed by atoms with Crippen molar-refractivity contribution in [3.63, 3.8) is 0 Å². The molecule has 0 aliphatic rings. The van der Waals surface area contributed by atoms with Crippen LogP contribution in [0.25, 0.3) is 0 Å². The maximum atomic E-state index is 11.3. The molecule has 0 saturated heterocycles. The molecule has 1 aromatic heterocycles. The van der Waals surface area contributed by atoms with Crippen molar-refractivity contribution in [2.45, 2.75) is 71.6 Å². The van der Waals surface area contributed by atoms with E-state index >= 15 is 0 Å². The lowest BCUT2D eigenvalue weighted by Gasteiger charge is -2.28. The highest BCUT2D eigenvalue weighted by atomic mass is 32.1. The number of unbranched alkanes of at least 4 members (excludes halogenated alkanes) is 2. The lowest BCUT2D eigenvalue weighted by atomic mass is 9.95. The third kappa shape index (κ3) is 9.22. The highest BCUT2D eigenvalue weighted by molar-refractivity contribution is 7.12. The van der Waals surface area contributed by atoms with Crippen molar-refractivity contribution in [1.29, 1.82) is 0 Å². The first kappa shape index (κ1) is 28.8. The van der Waals surface area contributed by atoms with Gasteiger partial charge in [0.2, 0.25) is 0 Å². The third-order valence-electron chi connectivity index (χ3n) is 6.32. The molecular weight excluding hydrogens is 482 g/mol. The highest BCUT2D eigenvalue weighted by Crippen LogP contribution is 2.31. The van der Waals surface area contributed by atoms with Gasteiger partial charge in [-0.2, -0.15) is 0 Å². The van der Waals surface area contributed by atoms with Gasteiger partial charge in [0.15, 0.2) is 0 Å². The van der Waals surface area contributed by atoms with Crippen molar-refractivity contribution < 1.29 is 19.4 Å². The molecule has 1 atom stereocenters. The van der Waals surface area contributed by atoms with Gasteiger partial charge in [-0.1, -0.05) is 62.7 Å². The molecule has 0 aliphatic carbocycles. The van der Waals surface area contributed by atoms with Crippen LogP contribution in [0.2, 0.25) is 0 Å². The zero-order chi connectivity index (χ0) is 26.8. The number of hydrogen-bond donors (Lipinski definition) is 1. The Morgan fingerprint density at radius 2 is 1.84 bits per heavy atom. The lowest BCUT2D eigenvalue weighted by molar-refractivity contribution is -0.107. The van der Waals surface area contributed by atoms with Crippen LogP contribution in [-0.4, -0.2) is 35.4 Å². The lowest BCUT2D eigenvalue weighted by Crippen LogP contribution is -2.30. The fraction of sp³-hybridized carbons (Fsp3) is 0.419. The van der Waals surface area contributed by atoms with Gasteiger partial charge in [0.05, 0.1) is 18.3 Å². The minimum absolute atomic E-state index is 0.118. The number of benzene rings is 2. The Kier molecular flexibility index (Phi) is 10.6. The molecule has 0 unspecified atom stereocenters. The van der Waals surface area contributed by atoms with Crippen LogP contribution in [0.1, 0.15) is 82.9 Å². The van der Waals surface area contributed by atoms with Crippen molar-refractivity contribution in [3.05, 3.63) is 92.7 Å². The summed E-state index contributed by atoms with van der Waals surface area (Å²) in [5, 5.41) is 9.24. The van der Waals surface area contributed by atoms with E-state index < -0.39 is 5.97 Å². The van der Waals surface area contributed by atoms with Crippen molar-refractivity contribution in [2.75, 3.05) is 13.1 Å². The van der Waals surface area contributed by atoms with Gasteiger partial charge in [-0.15, -0.1) is 11.3 Å². The predicted molar refractivity (Wildman–Crippen MR) is 150 cm³/mol. The topological polar surface area (TPSA) is 66.8 Å². The molecule has 0 radical (unpaired) electrons. The zero-order valence-corrected chi connectivity index (χ0v) is 23.2. The van der Waals surface area contributed by atoms with E-state index in [2.05, 4.69) is 69.0 Å². The molecule has 0 amide bonds. The molecule has 5 nitrogen and oxygen atoms in total. The standard InChI is InChI=1S/C31H39NO4S/c1-23-9-8-10-26(19-23)28(36-22-27-15-16-29(37-27)31(2,3)4)21-32(17-6-5-7-18-33)20-24-11-13-25(14-12-24)30(34)35/h8-16,18-19,28H,5-7,17,20-22H2,1-4H3,(H,34,35)/t28-/m0/s1. The molecule has 0 spiro atoms. The first-order valence-electron chi connectivity index (χ1n) is 12.9. The maximum Gasteiger partial charge on any atom is 0.335 e. The number of rotatable bonds is 14. The van der Waals surface area contributed by atoms with Gasteiger partial charge in [-0.05, 0) is 67.1 Å². The Bertz CT molecular complexity index is 1150. The van der Waals surface area contributed by atoms with E-state index in [0.29, 0.717) is 26.1 Å². The van der Waals surface area contributed by atoms with E-state index in [9.17, 15) is 14.7 Å². The Morgan fingerprint density at radius 1 is 1.08 bits per heavy atom. The zero-order valence-electron chi connectivity index (χ0n) is 22.4. The van der Waals surface area contributed by atoms with Gasteiger partial charge >= 0.3 is 5.97 Å². The Hall–Kier alpha value is -2.80. The molecule has 0 bridgehead atoms. The van der Waals surface area contributed by atoms with E-state index in [1.54, 1.807) is 23.5 Å². The average molecular weight is 522 g/mol. The SMILES string of the molecule is Cc1cccc([C@H](CN(CCCCC=O)Cc2ccc(C(=O)O)cc2)OCc2ccc(C(C)(C)C)s2)c1. The number of hydrogen-bond acceptors (Lipinski definition) is 5. The van der Waals surface area contributed by atoms with E-state index in [0.717, 1.165) is 36.8 Å². The fourth-order valence-electron chi connectivity index (χ4n) is 4.21. The summed E-state index contributed by atoms with van der Waals surface area (Å²) >= 11 is 1.81. The van der Waals surface area contributed by atoms with Gasteiger partial charge in [0.1, 0.15) is 6.29 Å². The van der Waals surface area contributed by atoms with Crippen LogP contribution in [0.15, 0.2) is 60.7 Å². The molecular formula is C31H39NO4S. The monoisotopic (exact) mass is 521 g/mol. The number of aldehydes is 1. The van der Waals surface area contributed by atoms with Crippen LogP contribution in [0.3, 0.4) is 0 Å². The summed E-state index contributed by atoms with van der Waals surface area (Å²) in [4.78, 5) is 27.0. The average Bonchev–Trinajstić information content (AvgIpc) is 3.34. The number of carboxylic acids is 1. The number of nitrogens with zero attached hydrogens (tertiary/aromatic N) is 1. The summed E-state index contributed by atoms with van der Waals surface area (Å²) < 4.78 is 6.58. The van der Waals surface area contributed by atoms with E-state index in [-0.39, 0.29) is 17.1 Å². The van der Waals surface area contributed by atoms with Crippen LogP contribution >= 0.6 is 11.3 Å². The number of aryl methyl sites for hydroxylation is 1. The number of thiophene rings is 1. The highest BCUT2D eigenvalue weighted by Gasteiger charge is 2.20.